The van der Waals surface area contributed by atoms with Gasteiger partial charge in [0.1, 0.15) is 5.82 Å². The molecule has 3 heterocycles. The highest BCUT2D eigenvalue weighted by atomic mass is 19.4. The summed E-state index contributed by atoms with van der Waals surface area (Å²) in [4.78, 5) is 30.4. The Hall–Kier alpha value is -2.88. The molecule has 1 aromatic heterocycles. The molecule has 0 saturated carbocycles. The number of carbonyl (C=O) groups excluding carboxylic acids is 1. The largest absolute Gasteiger partial charge is 0.490 e. The molecule has 2 aromatic rings. The number of amides is 1. The quantitative estimate of drug-likeness (QED) is 0.797. The highest BCUT2D eigenvalue weighted by Gasteiger charge is 2.47. The average molecular weight is 438 g/mol. The van der Waals surface area contributed by atoms with Crippen LogP contribution in [0.25, 0.3) is 0 Å². The van der Waals surface area contributed by atoms with Gasteiger partial charge in [0.05, 0.1) is 6.54 Å². The Balaban J connectivity index is 0.000000339. The van der Waals surface area contributed by atoms with Gasteiger partial charge in [-0.1, -0.05) is 12.1 Å². The van der Waals surface area contributed by atoms with Crippen LogP contribution in [-0.2, 0) is 23.2 Å². The number of imidazole rings is 1. The lowest BCUT2D eigenvalue weighted by atomic mass is 9.86. The van der Waals surface area contributed by atoms with Gasteiger partial charge >= 0.3 is 12.1 Å². The minimum atomic E-state index is -5.08. The Morgan fingerprint density at radius 3 is 2.58 bits per heavy atom. The summed E-state index contributed by atoms with van der Waals surface area (Å²) in [5, 5.41) is 7.12. The van der Waals surface area contributed by atoms with Gasteiger partial charge in [0.25, 0.3) is 0 Å². The van der Waals surface area contributed by atoms with Gasteiger partial charge in [0.2, 0.25) is 5.91 Å². The van der Waals surface area contributed by atoms with Crippen molar-refractivity contribution in [3.63, 3.8) is 0 Å². The van der Waals surface area contributed by atoms with Gasteiger partial charge < -0.3 is 14.6 Å². The molecule has 2 aliphatic rings. The maximum Gasteiger partial charge on any atom is 0.490 e. The molecule has 2 fully saturated rings. The van der Waals surface area contributed by atoms with Gasteiger partial charge in [-0.15, -0.1) is 0 Å². The first kappa shape index (κ1) is 22.8. The minimum absolute atomic E-state index is 0.103. The number of carboxylic acid groups (broad SMARTS) is 1. The number of aromatic nitrogens is 2. The van der Waals surface area contributed by atoms with Crippen LogP contribution in [0.15, 0.2) is 36.7 Å². The number of aryl methyl sites for hydroxylation is 2. The molecule has 0 radical (unpaired) electrons. The van der Waals surface area contributed by atoms with E-state index >= 15 is 0 Å². The summed E-state index contributed by atoms with van der Waals surface area (Å²) in [6, 6.07) is 8.26. The second-order valence-corrected chi connectivity index (χ2v) is 8.21. The number of rotatable bonds is 3. The molecule has 0 aliphatic carbocycles. The summed E-state index contributed by atoms with van der Waals surface area (Å²) >= 11 is 0. The first-order chi connectivity index (χ1) is 14.5. The summed E-state index contributed by atoms with van der Waals surface area (Å²) in [7, 11) is 2.03. The molecule has 31 heavy (non-hydrogen) atoms. The zero-order valence-electron chi connectivity index (χ0n) is 17.4. The van der Waals surface area contributed by atoms with Crippen LogP contribution in [-0.4, -0.2) is 57.2 Å². The van der Waals surface area contributed by atoms with Gasteiger partial charge in [0, 0.05) is 50.1 Å². The van der Waals surface area contributed by atoms with E-state index in [2.05, 4.69) is 33.5 Å². The third-order valence-electron chi connectivity index (χ3n) is 5.68. The van der Waals surface area contributed by atoms with E-state index in [0.717, 1.165) is 44.1 Å². The first-order valence-corrected chi connectivity index (χ1v) is 9.85. The molecule has 168 valence electrons. The Bertz CT molecular complexity index is 959. The SMILES string of the molecule is Cc1cccc(N2CC3(CCN(Cc4nccn4C)C3)CC2=O)c1.O=C(O)C(F)(F)F. The Morgan fingerprint density at radius 1 is 1.29 bits per heavy atom. The number of halogens is 3. The lowest BCUT2D eigenvalue weighted by molar-refractivity contribution is -0.192. The standard InChI is InChI=1S/C19H24N4O.C2HF3O2/c1-15-4-3-5-16(10-15)23-14-19(11-18(23)24)6-8-22(13-19)12-17-20-7-9-21(17)2;3-2(4,5)1(6)7/h3-5,7,9-10H,6,8,11-14H2,1-2H3;(H,6,7). The number of nitrogens with zero attached hydrogens (tertiary/aromatic N) is 4. The lowest BCUT2D eigenvalue weighted by Crippen LogP contribution is -2.31. The summed E-state index contributed by atoms with van der Waals surface area (Å²) in [6.45, 7) is 5.80. The molecule has 0 bridgehead atoms. The van der Waals surface area contributed by atoms with E-state index in [0.29, 0.717) is 6.42 Å². The van der Waals surface area contributed by atoms with Crippen LogP contribution in [0.5, 0.6) is 0 Å². The number of aliphatic carboxylic acids is 1. The monoisotopic (exact) mass is 438 g/mol. The van der Waals surface area contributed by atoms with Crippen molar-refractivity contribution in [2.45, 2.75) is 32.5 Å². The summed E-state index contributed by atoms with van der Waals surface area (Å²) in [6.07, 6.45) is 0.503. The maximum absolute atomic E-state index is 12.6. The third kappa shape index (κ3) is 5.43. The first-order valence-electron chi connectivity index (χ1n) is 9.85. The predicted octanol–water partition coefficient (Wildman–Crippen LogP) is 2.99. The molecule has 2 aliphatic heterocycles. The molecule has 10 heteroatoms. The van der Waals surface area contributed by atoms with E-state index in [9.17, 15) is 18.0 Å². The highest BCUT2D eigenvalue weighted by molar-refractivity contribution is 5.96. The second kappa shape index (κ2) is 8.70. The molecular formula is C21H25F3N4O3. The van der Waals surface area contributed by atoms with Crippen LogP contribution in [0.3, 0.4) is 0 Å². The van der Waals surface area contributed by atoms with E-state index in [1.165, 1.54) is 5.56 Å². The highest BCUT2D eigenvalue weighted by Crippen LogP contribution is 2.42. The van der Waals surface area contributed by atoms with Crippen molar-refractivity contribution in [2.24, 2.45) is 12.5 Å². The molecule has 4 rings (SSSR count). The second-order valence-electron chi connectivity index (χ2n) is 8.21. The number of likely N-dealkylation sites (tertiary alicyclic amines) is 1. The number of benzene rings is 1. The van der Waals surface area contributed by atoms with Crippen LogP contribution in [0.1, 0.15) is 24.2 Å². The van der Waals surface area contributed by atoms with Crippen molar-refractivity contribution in [3.05, 3.63) is 48.0 Å². The number of carbonyl (C=O) groups is 2. The molecule has 1 spiro atoms. The van der Waals surface area contributed by atoms with Gasteiger partial charge in [-0.05, 0) is 37.6 Å². The fourth-order valence-electron chi connectivity index (χ4n) is 4.11. The lowest BCUT2D eigenvalue weighted by Gasteiger charge is -2.24. The average Bonchev–Trinajstić information content (AvgIpc) is 3.35. The molecule has 1 amide bonds. The molecular weight excluding hydrogens is 413 g/mol. The predicted molar refractivity (Wildman–Crippen MR) is 107 cm³/mol. The number of anilines is 1. The third-order valence-corrected chi connectivity index (χ3v) is 5.68. The number of carboxylic acids is 1. The zero-order chi connectivity index (χ0) is 22.8. The molecule has 1 unspecified atom stereocenters. The zero-order valence-corrected chi connectivity index (χ0v) is 17.4. The Kier molecular flexibility index (Phi) is 6.40. The summed E-state index contributed by atoms with van der Waals surface area (Å²) in [5.41, 5.74) is 2.34. The van der Waals surface area contributed by atoms with Crippen LogP contribution >= 0.6 is 0 Å². The van der Waals surface area contributed by atoms with Crippen molar-refractivity contribution in [1.82, 2.24) is 14.5 Å². The van der Waals surface area contributed by atoms with Crippen molar-refractivity contribution in [2.75, 3.05) is 24.5 Å². The van der Waals surface area contributed by atoms with Crippen molar-refractivity contribution >= 4 is 17.6 Å². The fraction of sp³-hybridized carbons (Fsp3) is 0.476. The van der Waals surface area contributed by atoms with Gasteiger partial charge in [-0.3, -0.25) is 9.69 Å². The maximum atomic E-state index is 12.6. The van der Waals surface area contributed by atoms with E-state index in [1.54, 1.807) is 0 Å². The van der Waals surface area contributed by atoms with Crippen LogP contribution in [0.4, 0.5) is 18.9 Å². The number of hydrogen-bond acceptors (Lipinski definition) is 4. The Morgan fingerprint density at radius 2 is 2.00 bits per heavy atom. The van der Waals surface area contributed by atoms with E-state index in [1.807, 2.05) is 36.5 Å². The minimum Gasteiger partial charge on any atom is -0.475 e. The summed E-state index contributed by atoms with van der Waals surface area (Å²) < 4.78 is 33.8. The van der Waals surface area contributed by atoms with Crippen molar-refractivity contribution in [1.29, 1.82) is 0 Å². The summed E-state index contributed by atoms with van der Waals surface area (Å²) in [5.74, 6) is -1.40. The van der Waals surface area contributed by atoms with Crippen LogP contribution < -0.4 is 4.90 Å². The number of alkyl halides is 3. The molecule has 1 N–H and O–H groups in total. The molecule has 2 saturated heterocycles. The fourth-order valence-corrected chi connectivity index (χ4v) is 4.11. The van der Waals surface area contributed by atoms with E-state index < -0.39 is 12.1 Å². The molecule has 1 atom stereocenters. The molecule has 7 nitrogen and oxygen atoms in total. The number of hydrogen-bond donors (Lipinski definition) is 1. The van der Waals surface area contributed by atoms with Gasteiger partial charge in [-0.2, -0.15) is 13.2 Å². The van der Waals surface area contributed by atoms with E-state index in [4.69, 9.17) is 9.90 Å². The normalized spacial score (nSPS) is 21.5. The van der Waals surface area contributed by atoms with Crippen LogP contribution in [0.2, 0.25) is 0 Å². The van der Waals surface area contributed by atoms with E-state index in [-0.39, 0.29) is 11.3 Å². The van der Waals surface area contributed by atoms with Crippen molar-refractivity contribution < 1.29 is 27.9 Å². The van der Waals surface area contributed by atoms with Crippen molar-refractivity contribution in [3.8, 4) is 0 Å². The topological polar surface area (TPSA) is 78.7 Å². The Labute approximate surface area is 178 Å². The van der Waals surface area contributed by atoms with Gasteiger partial charge in [0.15, 0.2) is 0 Å². The smallest absolute Gasteiger partial charge is 0.475 e. The van der Waals surface area contributed by atoms with Gasteiger partial charge in [-0.25, -0.2) is 9.78 Å². The van der Waals surface area contributed by atoms with Crippen LogP contribution in [0, 0.1) is 12.3 Å². The molecule has 1 aromatic carbocycles.